The predicted molar refractivity (Wildman–Crippen MR) is 107 cm³/mol. The minimum atomic E-state index is -0.00840. The standard InChI is InChI=1S/C22H32N2O/c1-16(2)14-24(15-19-10-12-20(13-11-19)17(3)4)22(25)23-21-9-7-6-8-18(21)5/h6-10,16,20H,3,11-15H2,1-2,4-5H3,(H,23,25). The molecular weight excluding hydrogens is 308 g/mol. The first-order valence-electron chi connectivity index (χ1n) is 9.31. The molecule has 2 amide bonds. The third-order valence-electron chi connectivity index (χ3n) is 4.86. The largest absolute Gasteiger partial charge is 0.322 e. The number of para-hydroxylation sites is 1. The van der Waals surface area contributed by atoms with Gasteiger partial charge in [0.2, 0.25) is 0 Å². The molecule has 1 aromatic carbocycles. The number of urea groups is 1. The summed E-state index contributed by atoms with van der Waals surface area (Å²) >= 11 is 0. The second-order valence-corrected chi connectivity index (χ2v) is 7.70. The Balaban J connectivity index is 2.04. The van der Waals surface area contributed by atoms with Gasteiger partial charge < -0.3 is 10.2 Å². The number of rotatable bonds is 6. The summed E-state index contributed by atoms with van der Waals surface area (Å²) < 4.78 is 0. The number of carbonyl (C=O) groups excluding carboxylic acids is 1. The molecule has 0 radical (unpaired) electrons. The van der Waals surface area contributed by atoms with Crippen LogP contribution in [0, 0.1) is 18.8 Å². The maximum Gasteiger partial charge on any atom is 0.322 e. The Hall–Kier alpha value is -2.03. The van der Waals surface area contributed by atoms with E-state index in [9.17, 15) is 4.79 Å². The fourth-order valence-corrected chi connectivity index (χ4v) is 3.29. The number of hydrogen-bond donors (Lipinski definition) is 1. The number of hydrogen-bond acceptors (Lipinski definition) is 1. The molecule has 0 aliphatic heterocycles. The monoisotopic (exact) mass is 340 g/mol. The van der Waals surface area contributed by atoms with Crippen LogP contribution in [0.2, 0.25) is 0 Å². The normalized spacial score (nSPS) is 17.2. The van der Waals surface area contributed by atoms with Crippen molar-refractivity contribution >= 4 is 11.7 Å². The lowest BCUT2D eigenvalue weighted by Crippen LogP contribution is -2.39. The first-order valence-corrected chi connectivity index (χ1v) is 9.31. The number of benzene rings is 1. The van der Waals surface area contributed by atoms with Crippen LogP contribution in [0.4, 0.5) is 10.5 Å². The molecule has 3 nitrogen and oxygen atoms in total. The Morgan fingerprint density at radius 3 is 2.64 bits per heavy atom. The van der Waals surface area contributed by atoms with Gasteiger partial charge in [0.15, 0.2) is 0 Å². The van der Waals surface area contributed by atoms with Crippen molar-refractivity contribution in [3.8, 4) is 0 Å². The van der Waals surface area contributed by atoms with Crippen LogP contribution < -0.4 is 5.32 Å². The molecule has 1 atom stereocenters. The summed E-state index contributed by atoms with van der Waals surface area (Å²) in [5.74, 6) is 1.04. The van der Waals surface area contributed by atoms with Crippen LogP contribution in [0.5, 0.6) is 0 Å². The molecule has 1 aliphatic rings. The van der Waals surface area contributed by atoms with E-state index < -0.39 is 0 Å². The molecule has 136 valence electrons. The van der Waals surface area contributed by atoms with Crippen molar-refractivity contribution in [2.45, 2.75) is 47.0 Å². The molecule has 0 bridgehead atoms. The van der Waals surface area contributed by atoms with E-state index in [2.05, 4.69) is 38.7 Å². The number of amides is 2. The molecular formula is C22H32N2O. The second-order valence-electron chi connectivity index (χ2n) is 7.70. The lowest BCUT2D eigenvalue weighted by molar-refractivity contribution is 0.208. The highest BCUT2D eigenvalue weighted by atomic mass is 16.2. The van der Waals surface area contributed by atoms with Crippen LogP contribution in [0.1, 0.15) is 45.6 Å². The van der Waals surface area contributed by atoms with Gasteiger partial charge >= 0.3 is 6.03 Å². The summed E-state index contributed by atoms with van der Waals surface area (Å²) in [5.41, 5.74) is 4.62. The Labute approximate surface area is 152 Å². The third-order valence-corrected chi connectivity index (χ3v) is 4.86. The molecule has 0 heterocycles. The van der Waals surface area contributed by atoms with Crippen molar-refractivity contribution in [2.75, 3.05) is 18.4 Å². The topological polar surface area (TPSA) is 32.3 Å². The van der Waals surface area contributed by atoms with Crippen LogP contribution in [0.15, 0.2) is 48.1 Å². The lowest BCUT2D eigenvalue weighted by Gasteiger charge is -2.29. The molecule has 1 aromatic rings. The zero-order valence-electron chi connectivity index (χ0n) is 16.1. The molecule has 1 unspecified atom stereocenters. The van der Waals surface area contributed by atoms with Crippen molar-refractivity contribution in [2.24, 2.45) is 11.8 Å². The van der Waals surface area contributed by atoms with Crippen LogP contribution >= 0.6 is 0 Å². The van der Waals surface area contributed by atoms with Crippen molar-refractivity contribution in [1.29, 1.82) is 0 Å². The summed E-state index contributed by atoms with van der Waals surface area (Å²) in [4.78, 5) is 14.8. The number of carbonyl (C=O) groups is 1. The van der Waals surface area contributed by atoms with Gasteiger partial charge in [0.1, 0.15) is 0 Å². The van der Waals surface area contributed by atoms with Gasteiger partial charge in [-0.25, -0.2) is 4.79 Å². The number of allylic oxidation sites excluding steroid dienone is 2. The van der Waals surface area contributed by atoms with E-state index in [0.717, 1.165) is 43.6 Å². The summed E-state index contributed by atoms with van der Waals surface area (Å²) in [7, 11) is 0. The molecule has 0 aromatic heterocycles. The third kappa shape index (κ3) is 5.77. The van der Waals surface area contributed by atoms with E-state index >= 15 is 0 Å². The van der Waals surface area contributed by atoms with Gasteiger partial charge in [-0.2, -0.15) is 0 Å². The predicted octanol–water partition coefficient (Wildman–Crippen LogP) is 5.79. The number of anilines is 1. The summed E-state index contributed by atoms with van der Waals surface area (Å²) in [6.07, 6.45) is 5.58. The maximum absolute atomic E-state index is 12.8. The van der Waals surface area contributed by atoms with Gasteiger partial charge in [0, 0.05) is 18.8 Å². The fourth-order valence-electron chi connectivity index (χ4n) is 3.29. The van der Waals surface area contributed by atoms with Gasteiger partial charge in [0.05, 0.1) is 0 Å². The Kier molecular flexibility index (Phi) is 6.86. The fraction of sp³-hybridized carbons (Fsp3) is 0.500. The van der Waals surface area contributed by atoms with Crippen molar-refractivity contribution in [3.63, 3.8) is 0 Å². The van der Waals surface area contributed by atoms with Gasteiger partial charge in [-0.05, 0) is 56.6 Å². The zero-order chi connectivity index (χ0) is 18.4. The van der Waals surface area contributed by atoms with Gasteiger partial charge in [0.25, 0.3) is 0 Å². The Morgan fingerprint density at radius 1 is 1.36 bits per heavy atom. The quantitative estimate of drug-likeness (QED) is 0.653. The average molecular weight is 341 g/mol. The van der Waals surface area contributed by atoms with Crippen LogP contribution in [-0.2, 0) is 0 Å². The minimum absolute atomic E-state index is 0.00840. The first kappa shape index (κ1) is 19.3. The van der Waals surface area contributed by atoms with Gasteiger partial charge in [-0.3, -0.25) is 0 Å². The van der Waals surface area contributed by atoms with E-state index in [1.165, 1.54) is 11.1 Å². The highest BCUT2D eigenvalue weighted by Crippen LogP contribution is 2.28. The van der Waals surface area contributed by atoms with E-state index in [1.54, 1.807) is 0 Å². The van der Waals surface area contributed by atoms with Crippen LogP contribution in [0.3, 0.4) is 0 Å². The Bertz CT molecular complexity index is 645. The molecule has 0 saturated heterocycles. The summed E-state index contributed by atoms with van der Waals surface area (Å²) in [6.45, 7) is 14.0. The summed E-state index contributed by atoms with van der Waals surface area (Å²) in [6, 6.07) is 7.91. The average Bonchev–Trinajstić information content (AvgIpc) is 2.56. The maximum atomic E-state index is 12.8. The number of nitrogens with zero attached hydrogens (tertiary/aromatic N) is 1. The number of aryl methyl sites for hydroxylation is 1. The lowest BCUT2D eigenvalue weighted by atomic mass is 9.85. The van der Waals surface area contributed by atoms with Crippen molar-refractivity contribution in [1.82, 2.24) is 4.90 Å². The Morgan fingerprint density at radius 2 is 2.08 bits per heavy atom. The van der Waals surface area contributed by atoms with Crippen molar-refractivity contribution in [3.05, 3.63) is 53.6 Å². The number of nitrogens with one attached hydrogen (secondary N) is 1. The van der Waals surface area contributed by atoms with E-state index in [0.29, 0.717) is 11.8 Å². The highest BCUT2D eigenvalue weighted by Gasteiger charge is 2.20. The van der Waals surface area contributed by atoms with E-state index in [4.69, 9.17) is 0 Å². The molecule has 3 heteroatoms. The molecule has 1 N–H and O–H groups in total. The van der Waals surface area contributed by atoms with E-state index in [1.807, 2.05) is 36.1 Å². The molecule has 25 heavy (non-hydrogen) atoms. The molecule has 0 saturated carbocycles. The SMILES string of the molecule is C=C(C)C1CC=C(CN(CC(C)C)C(=O)Nc2ccccc2C)CC1. The van der Waals surface area contributed by atoms with Crippen LogP contribution in [0.25, 0.3) is 0 Å². The van der Waals surface area contributed by atoms with Crippen LogP contribution in [-0.4, -0.2) is 24.0 Å². The minimum Gasteiger partial charge on any atom is -0.320 e. The molecule has 2 rings (SSSR count). The van der Waals surface area contributed by atoms with Gasteiger partial charge in [-0.15, -0.1) is 0 Å². The molecule has 0 fully saturated rings. The summed E-state index contributed by atoms with van der Waals surface area (Å²) in [5, 5.41) is 3.08. The van der Waals surface area contributed by atoms with Gasteiger partial charge in [-0.1, -0.05) is 55.8 Å². The smallest absolute Gasteiger partial charge is 0.320 e. The molecule has 1 aliphatic carbocycles. The zero-order valence-corrected chi connectivity index (χ0v) is 16.1. The van der Waals surface area contributed by atoms with E-state index in [-0.39, 0.29) is 6.03 Å². The highest BCUT2D eigenvalue weighted by molar-refractivity contribution is 5.90. The van der Waals surface area contributed by atoms with Crippen molar-refractivity contribution < 1.29 is 4.79 Å². The first-order chi connectivity index (χ1) is 11.9. The second kappa shape index (κ2) is 8.89. The molecule has 0 spiro atoms.